The van der Waals surface area contributed by atoms with E-state index in [1.165, 1.54) is 0 Å². The van der Waals surface area contributed by atoms with E-state index in [1.807, 2.05) is 19.9 Å². The maximum absolute atomic E-state index is 9.14. The van der Waals surface area contributed by atoms with Gasteiger partial charge in [0.15, 0.2) is 10.7 Å². The van der Waals surface area contributed by atoms with Gasteiger partial charge in [0, 0.05) is 32.2 Å². The number of piperazine rings is 1. The molecule has 26 heavy (non-hydrogen) atoms. The third kappa shape index (κ3) is 8.65. The van der Waals surface area contributed by atoms with Crippen molar-refractivity contribution >= 4 is 50.1 Å². The molecule has 0 aromatic heterocycles. The molecule has 1 saturated heterocycles. The summed E-state index contributed by atoms with van der Waals surface area (Å²) < 4.78 is 11.3. The summed E-state index contributed by atoms with van der Waals surface area (Å²) in [6.07, 6.45) is 0. The third-order valence-corrected chi connectivity index (χ3v) is 3.59. The number of benzene rings is 1. The van der Waals surface area contributed by atoms with E-state index in [1.54, 1.807) is 6.07 Å². The Bertz CT molecular complexity index is 617. The molecule has 0 bridgehead atoms. The summed E-state index contributed by atoms with van der Waals surface area (Å²) in [7, 11) is 18.9. The second-order valence-corrected chi connectivity index (χ2v) is 33.4. The van der Waals surface area contributed by atoms with Crippen molar-refractivity contribution in [2.75, 3.05) is 51.3 Å². The fourth-order valence-electron chi connectivity index (χ4n) is 2.45. The van der Waals surface area contributed by atoms with Crippen molar-refractivity contribution in [2.24, 2.45) is 0 Å². The van der Waals surface area contributed by atoms with Crippen LogP contribution in [0.15, 0.2) is 12.1 Å². The summed E-state index contributed by atoms with van der Waals surface area (Å²) in [4.78, 5) is 7.89. The summed E-state index contributed by atoms with van der Waals surface area (Å²) in [5.74, 6) is 1.32. The molecule has 2 rings (SSSR count). The van der Waals surface area contributed by atoms with Crippen molar-refractivity contribution in [3.63, 3.8) is 0 Å². The maximum atomic E-state index is 9.14. The Hall–Kier alpha value is -0.217. The predicted octanol–water partition coefficient (Wildman–Crippen LogP) is 5.59. The van der Waals surface area contributed by atoms with Gasteiger partial charge in [0.2, 0.25) is 11.1 Å². The van der Waals surface area contributed by atoms with Gasteiger partial charge < -0.3 is 19.3 Å². The number of hydrogen-bond donors (Lipinski definition) is 0. The van der Waals surface area contributed by atoms with Gasteiger partial charge in [-0.05, 0) is 20.9 Å². The van der Waals surface area contributed by atoms with Crippen LogP contribution in [0.25, 0.3) is 4.98 Å². The van der Waals surface area contributed by atoms with Crippen molar-refractivity contribution in [2.45, 2.75) is 13.8 Å². The first-order valence-corrected chi connectivity index (χ1v) is 24.1. The van der Waals surface area contributed by atoms with Gasteiger partial charge in [-0.15, -0.1) is 0 Å². The first-order valence-electron chi connectivity index (χ1n) is 8.48. The fourth-order valence-corrected chi connectivity index (χ4v) is 2.45. The zero-order chi connectivity index (χ0) is 19.7. The summed E-state index contributed by atoms with van der Waals surface area (Å²) in [6.45, 7) is 8.87. The van der Waals surface area contributed by atoms with Crippen LogP contribution in [0, 0.1) is 5.39 Å². The van der Waals surface area contributed by atoms with E-state index in [0.29, 0.717) is 24.7 Å². The molecule has 1 fully saturated rings. The van der Waals surface area contributed by atoms with E-state index >= 15 is 0 Å². The minimum atomic E-state index is -3.36. The van der Waals surface area contributed by atoms with Crippen molar-refractivity contribution in [3.8, 4) is 11.5 Å². The Morgan fingerprint density at radius 2 is 1.54 bits per heavy atom. The van der Waals surface area contributed by atoms with Crippen LogP contribution in [0.5, 0.6) is 11.5 Å². The zero-order valence-electron chi connectivity index (χ0n) is 16.2. The number of diazo groups is 1. The normalized spacial score (nSPS) is 14.9. The van der Waals surface area contributed by atoms with Gasteiger partial charge in [0.05, 0.1) is 25.0 Å². The summed E-state index contributed by atoms with van der Waals surface area (Å²) >= 11 is 0. The standard InChI is InChI=1S/C15H23N4O2.4ClH.Zn/c1-4-20-14-11-13(19-8-6-18(3)7-9-19)15(21-5-2)10-12(14)17-16;;;;;/h10-11H,4-9H2,1-3H3;4*1H;/q+1;;;;;+2/p-3. The molecule has 1 aromatic rings. The molecule has 0 unspecified atom stereocenters. The SMILES string of the molecule is CCOc1cc(N2CCN(C)CC2)c(OCC)cc1[N+]#N.[Cl][Zn-2]([Cl])([Cl])[Cl].[H+]. The minimum Gasteiger partial charge on any atom is 1.00 e. The van der Waals surface area contributed by atoms with Crippen molar-refractivity contribution in [1.82, 2.24) is 4.90 Å². The molecule has 1 heterocycles. The van der Waals surface area contributed by atoms with Crippen molar-refractivity contribution in [3.05, 3.63) is 17.1 Å². The van der Waals surface area contributed by atoms with Crippen LogP contribution >= 0.6 is 38.8 Å². The number of rotatable bonds is 5. The first kappa shape index (κ1) is 23.8. The molecule has 146 valence electrons. The minimum absolute atomic E-state index is 0. The van der Waals surface area contributed by atoms with Gasteiger partial charge in [0.1, 0.15) is 0 Å². The number of anilines is 1. The van der Waals surface area contributed by atoms with Gasteiger partial charge in [-0.2, -0.15) is 0 Å². The van der Waals surface area contributed by atoms with Crippen LogP contribution in [-0.2, 0) is 10.8 Å². The molecule has 0 amide bonds. The van der Waals surface area contributed by atoms with Crippen molar-refractivity contribution < 1.29 is 21.7 Å². The molecule has 0 spiro atoms. The average Bonchev–Trinajstić information content (AvgIpc) is 2.55. The topological polar surface area (TPSA) is 53.1 Å². The first-order chi connectivity index (χ1) is 12.2. The number of ether oxygens (including phenoxy) is 2. The van der Waals surface area contributed by atoms with Gasteiger partial charge in [-0.3, -0.25) is 0 Å². The Balaban J connectivity index is 0.00000100. The smallest absolute Gasteiger partial charge is 1.00 e. The van der Waals surface area contributed by atoms with Crippen LogP contribution in [0.2, 0.25) is 0 Å². The van der Waals surface area contributed by atoms with Gasteiger partial charge in [0.25, 0.3) is 0 Å². The molecule has 6 nitrogen and oxygen atoms in total. The maximum Gasteiger partial charge on any atom is 1.00 e. The van der Waals surface area contributed by atoms with Gasteiger partial charge in [-0.25, -0.2) is 0 Å². The monoisotopic (exact) mass is 496 g/mol. The molecule has 0 radical (unpaired) electrons. The molecular weight excluding hydrogens is 475 g/mol. The van der Waals surface area contributed by atoms with Gasteiger partial charge in [-0.1, -0.05) is 0 Å². The van der Waals surface area contributed by atoms with E-state index in [0.717, 1.165) is 37.6 Å². The Morgan fingerprint density at radius 3 is 2.00 bits per heavy atom. The van der Waals surface area contributed by atoms with Crippen LogP contribution in [0.4, 0.5) is 11.4 Å². The molecule has 0 aliphatic carbocycles. The molecule has 1 aromatic carbocycles. The largest absolute Gasteiger partial charge is 1.00 e. The molecule has 0 atom stereocenters. The van der Waals surface area contributed by atoms with E-state index < -0.39 is 10.8 Å². The van der Waals surface area contributed by atoms with Crippen molar-refractivity contribution in [1.29, 1.82) is 5.39 Å². The molecular formula is C15H24Cl4N4O2Zn. The molecule has 0 saturated carbocycles. The Morgan fingerprint density at radius 1 is 1.04 bits per heavy atom. The van der Waals surface area contributed by atoms with Crippen LogP contribution in [0.1, 0.15) is 15.3 Å². The van der Waals surface area contributed by atoms with E-state index in [2.05, 4.69) is 21.8 Å². The van der Waals surface area contributed by atoms with E-state index in [4.69, 9.17) is 53.6 Å². The molecule has 1 aliphatic rings. The quantitative estimate of drug-likeness (QED) is 0.391. The van der Waals surface area contributed by atoms with E-state index in [-0.39, 0.29) is 1.43 Å². The number of hydrogen-bond acceptors (Lipinski definition) is 5. The molecule has 0 N–H and O–H groups in total. The zero-order valence-corrected chi connectivity index (χ0v) is 21.2. The average molecular weight is 500 g/mol. The van der Waals surface area contributed by atoms with Crippen LogP contribution < -0.4 is 14.4 Å². The molecule has 1 aliphatic heterocycles. The second kappa shape index (κ2) is 11.6. The van der Waals surface area contributed by atoms with Crippen LogP contribution in [-0.4, -0.2) is 51.3 Å². The number of halogens is 4. The predicted molar refractivity (Wildman–Crippen MR) is 108 cm³/mol. The Labute approximate surface area is 175 Å². The fraction of sp³-hybridized carbons (Fsp3) is 0.600. The second-order valence-electron chi connectivity index (χ2n) is 5.65. The van der Waals surface area contributed by atoms with E-state index in [9.17, 15) is 0 Å². The number of nitrogens with zero attached hydrogens (tertiary/aromatic N) is 4. The third-order valence-electron chi connectivity index (χ3n) is 3.59. The number of likely N-dealkylation sites (N-methyl/N-ethyl adjacent to an activating group) is 1. The van der Waals surface area contributed by atoms with Gasteiger partial charge >= 0.3 is 56.7 Å². The van der Waals surface area contributed by atoms with Crippen LogP contribution in [0.3, 0.4) is 0 Å². The summed E-state index contributed by atoms with van der Waals surface area (Å²) in [6, 6.07) is 3.65. The summed E-state index contributed by atoms with van der Waals surface area (Å²) in [5, 5.41) is 9.14. The molecule has 11 heteroatoms. The Kier molecular flexibility index (Phi) is 10.6. The summed E-state index contributed by atoms with van der Waals surface area (Å²) in [5.41, 5.74) is 1.40.